The van der Waals surface area contributed by atoms with Crippen LogP contribution in [0.25, 0.3) is 0 Å². The van der Waals surface area contributed by atoms with Crippen molar-refractivity contribution < 1.29 is 0 Å². The molecular weight excluding hydrogens is 134 g/mol. The van der Waals surface area contributed by atoms with E-state index in [1.54, 1.807) is 6.08 Å². The summed E-state index contributed by atoms with van der Waals surface area (Å²) in [5.74, 6) is 0. The minimum atomic E-state index is 1.02. The zero-order chi connectivity index (χ0) is 8.53. The first-order valence-electron chi connectivity index (χ1n) is 3.99. The molecule has 0 aromatic heterocycles. The quantitative estimate of drug-likeness (QED) is 0.453. The van der Waals surface area contributed by atoms with Crippen LogP contribution in [-0.2, 0) is 0 Å². The highest BCUT2D eigenvalue weighted by Crippen LogP contribution is 2.00. The van der Waals surface area contributed by atoms with E-state index >= 15 is 0 Å². The number of nitrogens with one attached hydrogen (secondary N) is 1. The Morgan fingerprint density at radius 2 is 2.18 bits per heavy atom. The van der Waals surface area contributed by atoms with Crippen molar-refractivity contribution >= 4 is 0 Å². The van der Waals surface area contributed by atoms with Crippen molar-refractivity contribution in [1.29, 1.82) is 0 Å². The Kier molecular flexibility index (Phi) is 6.75. The Labute approximate surface area is 69.5 Å². The fraction of sp³-hybridized carbons (Fsp3) is 0.400. The summed E-state index contributed by atoms with van der Waals surface area (Å²) in [6.07, 6.45) is 6.69. The van der Waals surface area contributed by atoms with E-state index in [1.165, 1.54) is 5.57 Å². The summed E-state index contributed by atoms with van der Waals surface area (Å²) < 4.78 is 0. The summed E-state index contributed by atoms with van der Waals surface area (Å²) >= 11 is 0. The number of rotatable bonds is 6. The van der Waals surface area contributed by atoms with Crippen molar-refractivity contribution in [2.45, 2.75) is 13.3 Å². The second-order valence-electron chi connectivity index (χ2n) is 2.28. The van der Waals surface area contributed by atoms with Crippen LogP contribution in [0, 0.1) is 0 Å². The third-order valence-corrected chi connectivity index (χ3v) is 1.43. The van der Waals surface area contributed by atoms with Gasteiger partial charge in [0, 0.05) is 0 Å². The van der Waals surface area contributed by atoms with E-state index in [2.05, 4.69) is 25.4 Å². The van der Waals surface area contributed by atoms with E-state index in [4.69, 9.17) is 0 Å². The van der Waals surface area contributed by atoms with Crippen LogP contribution in [0.1, 0.15) is 13.3 Å². The Hall–Kier alpha value is -0.820. The lowest BCUT2D eigenvalue weighted by molar-refractivity contribution is 0.718. The van der Waals surface area contributed by atoms with E-state index in [0.29, 0.717) is 0 Å². The zero-order valence-corrected chi connectivity index (χ0v) is 7.27. The van der Waals surface area contributed by atoms with Crippen molar-refractivity contribution in [3.05, 3.63) is 37.0 Å². The van der Waals surface area contributed by atoms with Gasteiger partial charge in [-0.05, 0) is 25.1 Å². The monoisotopic (exact) mass is 151 g/mol. The Bertz CT molecular complexity index is 145. The highest BCUT2D eigenvalue weighted by atomic mass is 14.8. The normalized spacial score (nSPS) is 11.2. The third kappa shape index (κ3) is 5.62. The largest absolute Gasteiger partial charge is 0.317 e. The molecule has 1 nitrogen and oxygen atoms in total. The molecule has 0 saturated heterocycles. The highest BCUT2D eigenvalue weighted by molar-refractivity contribution is 5.20. The van der Waals surface area contributed by atoms with Gasteiger partial charge in [0.15, 0.2) is 0 Å². The van der Waals surface area contributed by atoms with Gasteiger partial charge in [0.05, 0.1) is 0 Å². The van der Waals surface area contributed by atoms with Gasteiger partial charge in [-0.25, -0.2) is 0 Å². The third-order valence-electron chi connectivity index (χ3n) is 1.43. The second-order valence-corrected chi connectivity index (χ2v) is 2.28. The van der Waals surface area contributed by atoms with Crippen molar-refractivity contribution in [2.24, 2.45) is 0 Å². The summed E-state index contributed by atoms with van der Waals surface area (Å²) in [6.45, 7) is 11.5. The molecule has 11 heavy (non-hydrogen) atoms. The van der Waals surface area contributed by atoms with E-state index in [-0.39, 0.29) is 0 Å². The van der Waals surface area contributed by atoms with Gasteiger partial charge in [-0.15, -0.1) is 0 Å². The molecule has 0 atom stereocenters. The van der Waals surface area contributed by atoms with Crippen molar-refractivity contribution in [3.63, 3.8) is 0 Å². The predicted octanol–water partition coefficient (Wildman–Crippen LogP) is 2.28. The van der Waals surface area contributed by atoms with Crippen LogP contribution in [0.2, 0.25) is 0 Å². The van der Waals surface area contributed by atoms with Crippen LogP contribution in [0.5, 0.6) is 0 Å². The Morgan fingerprint density at radius 3 is 2.64 bits per heavy atom. The number of hydrogen-bond donors (Lipinski definition) is 1. The van der Waals surface area contributed by atoms with Gasteiger partial charge in [0.2, 0.25) is 0 Å². The van der Waals surface area contributed by atoms with Crippen LogP contribution in [-0.4, -0.2) is 13.1 Å². The standard InChI is InChI=1S/C10H17N/c1-4-7-10(5-2)8-9-11-6-3/h4-5,7,11H,1-2,6,8-9H2,3H3/b10-7+. The maximum Gasteiger partial charge on any atom is -0.000847 e. The molecule has 0 aromatic rings. The first kappa shape index (κ1) is 10.2. The Morgan fingerprint density at radius 1 is 1.45 bits per heavy atom. The molecule has 1 N–H and O–H groups in total. The van der Waals surface area contributed by atoms with Gasteiger partial charge < -0.3 is 5.32 Å². The first-order valence-corrected chi connectivity index (χ1v) is 3.99. The first-order chi connectivity index (χ1) is 5.35. The molecule has 0 radical (unpaired) electrons. The maximum absolute atomic E-state index is 3.71. The molecule has 0 aliphatic heterocycles. The molecule has 62 valence electrons. The molecule has 0 saturated carbocycles. The Balaban J connectivity index is 3.60. The summed E-state index contributed by atoms with van der Waals surface area (Å²) in [5, 5.41) is 3.25. The highest BCUT2D eigenvalue weighted by Gasteiger charge is 1.88. The smallest absolute Gasteiger partial charge is 0.000847 e. The minimum Gasteiger partial charge on any atom is -0.317 e. The van der Waals surface area contributed by atoms with Crippen molar-refractivity contribution in [2.75, 3.05) is 13.1 Å². The fourth-order valence-corrected chi connectivity index (χ4v) is 0.814. The molecule has 0 fully saturated rings. The van der Waals surface area contributed by atoms with Crippen LogP contribution in [0.15, 0.2) is 37.0 Å². The SMILES string of the molecule is C=C/C=C(\C=C)CCNCC. The number of hydrogen-bond acceptors (Lipinski definition) is 1. The van der Waals surface area contributed by atoms with Crippen LogP contribution in [0.4, 0.5) is 0 Å². The van der Waals surface area contributed by atoms with Gasteiger partial charge in [-0.2, -0.15) is 0 Å². The molecule has 0 aliphatic carbocycles. The van der Waals surface area contributed by atoms with Crippen molar-refractivity contribution in [1.82, 2.24) is 5.32 Å². The van der Waals surface area contributed by atoms with Crippen molar-refractivity contribution in [3.8, 4) is 0 Å². The molecule has 0 rings (SSSR count). The zero-order valence-electron chi connectivity index (χ0n) is 7.27. The van der Waals surface area contributed by atoms with Gasteiger partial charge in [0.25, 0.3) is 0 Å². The molecule has 0 amide bonds. The molecule has 0 aliphatic rings. The maximum atomic E-state index is 3.71. The lowest BCUT2D eigenvalue weighted by Gasteiger charge is -2.00. The predicted molar refractivity (Wildman–Crippen MR) is 51.6 cm³/mol. The van der Waals surface area contributed by atoms with E-state index < -0.39 is 0 Å². The van der Waals surface area contributed by atoms with Gasteiger partial charge in [0.1, 0.15) is 0 Å². The molecule has 0 aromatic carbocycles. The van der Waals surface area contributed by atoms with Gasteiger partial charge >= 0.3 is 0 Å². The summed E-state index contributed by atoms with van der Waals surface area (Å²) in [4.78, 5) is 0. The van der Waals surface area contributed by atoms with Gasteiger partial charge in [-0.3, -0.25) is 0 Å². The average molecular weight is 151 g/mol. The minimum absolute atomic E-state index is 1.02. The lowest BCUT2D eigenvalue weighted by Crippen LogP contribution is -2.14. The number of allylic oxidation sites excluding steroid dienone is 3. The molecule has 1 heteroatoms. The fourth-order valence-electron chi connectivity index (χ4n) is 0.814. The topological polar surface area (TPSA) is 12.0 Å². The average Bonchev–Trinajstić information content (AvgIpc) is 2.03. The van der Waals surface area contributed by atoms with Crippen LogP contribution < -0.4 is 5.32 Å². The lowest BCUT2D eigenvalue weighted by atomic mass is 10.2. The molecule has 0 unspecified atom stereocenters. The summed E-state index contributed by atoms with van der Waals surface area (Å²) in [5.41, 5.74) is 1.24. The molecular formula is C10H17N. The van der Waals surface area contributed by atoms with Gasteiger partial charge in [-0.1, -0.05) is 38.3 Å². The summed E-state index contributed by atoms with van der Waals surface area (Å²) in [6, 6.07) is 0. The van der Waals surface area contributed by atoms with E-state index in [9.17, 15) is 0 Å². The van der Waals surface area contributed by atoms with Crippen LogP contribution >= 0.6 is 0 Å². The van der Waals surface area contributed by atoms with Crippen LogP contribution in [0.3, 0.4) is 0 Å². The summed E-state index contributed by atoms with van der Waals surface area (Å²) in [7, 11) is 0. The molecule has 0 heterocycles. The molecule has 0 bridgehead atoms. The second kappa shape index (κ2) is 7.29. The molecule has 0 spiro atoms. The van der Waals surface area contributed by atoms with E-state index in [1.807, 2.05) is 12.2 Å². The van der Waals surface area contributed by atoms with E-state index in [0.717, 1.165) is 19.5 Å².